The highest BCUT2D eigenvalue weighted by molar-refractivity contribution is 6.00. The summed E-state index contributed by atoms with van der Waals surface area (Å²) < 4.78 is 11.2. The molecule has 0 bridgehead atoms. The highest BCUT2D eigenvalue weighted by Crippen LogP contribution is 2.34. The number of anilines is 1. The van der Waals surface area contributed by atoms with Crippen LogP contribution in [0.15, 0.2) is 47.5 Å². The van der Waals surface area contributed by atoms with E-state index in [0.717, 1.165) is 40.2 Å². The van der Waals surface area contributed by atoms with Gasteiger partial charge in [-0.3, -0.25) is 10.1 Å². The van der Waals surface area contributed by atoms with Crippen molar-refractivity contribution in [2.45, 2.75) is 13.0 Å². The maximum atomic E-state index is 5.60. The number of oxazole rings is 1. The van der Waals surface area contributed by atoms with E-state index in [2.05, 4.69) is 32.0 Å². The number of aromatic amines is 1. The smallest absolute Gasteiger partial charge is 0.226 e. The quantitative estimate of drug-likeness (QED) is 0.599. The lowest BCUT2D eigenvalue weighted by Gasteiger charge is -2.34. The summed E-state index contributed by atoms with van der Waals surface area (Å²) in [6.45, 7) is 4.27. The van der Waals surface area contributed by atoms with E-state index in [9.17, 15) is 0 Å². The number of rotatable bonds is 3. The molecule has 0 spiro atoms. The Balaban J connectivity index is 1.78. The van der Waals surface area contributed by atoms with Crippen LogP contribution in [0.1, 0.15) is 6.92 Å². The molecular formula is C19H18N6O2. The van der Waals surface area contributed by atoms with Gasteiger partial charge in [-0.1, -0.05) is 0 Å². The highest BCUT2D eigenvalue weighted by atomic mass is 16.5. The van der Waals surface area contributed by atoms with E-state index < -0.39 is 0 Å². The van der Waals surface area contributed by atoms with Crippen molar-refractivity contribution in [2.75, 3.05) is 24.7 Å². The summed E-state index contributed by atoms with van der Waals surface area (Å²) in [7, 11) is 0. The van der Waals surface area contributed by atoms with Crippen molar-refractivity contribution in [3.63, 3.8) is 0 Å². The fourth-order valence-electron chi connectivity index (χ4n) is 3.47. The molecule has 1 saturated heterocycles. The second-order valence-corrected chi connectivity index (χ2v) is 6.51. The minimum absolute atomic E-state index is 0.230. The number of nitrogens with zero attached hydrogens (tertiary/aromatic N) is 5. The lowest BCUT2D eigenvalue weighted by molar-refractivity contribution is 0.0986. The average Bonchev–Trinajstić information content (AvgIpc) is 3.41. The van der Waals surface area contributed by atoms with Crippen LogP contribution in [0.5, 0.6) is 0 Å². The number of morpholine rings is 1. The summed E-state index contributed by atoms with van der Waals surface area (Å²) in [6, 6.07) is 6.09. The van der Waals surface area contributed by atoms with E-state index in [1.54, 1.807) is 24.9 Å². The third kappa shape index (κ3) is 2.74. The first-order chi connectivity index (χ1) is 13.3. The molecule has 0 radical (unpaired) electrons. The third-order valence-corrected chi connectivity index (χ3v) is 4.79. The first kappa shape index (κ1) is 16.0. The maximum absolute atomic E-state index is 5.60. The predicted molar refractivity (Wildman–Crippen MR) is 100 cm³/mol. The lowest BCUT2D eigenvalue weighted by atomic mass is 10.1. The van der Waals surface area contributed by atoms with Crippen LogP contribution in [0, 0.1) is 0 Å². The van der Waals surface area contributed by atoms with Gasteiger partial charge >= 0.3 is 0 Å². The van der Waals surface area contributed by atoms with Crippen molar-refractivity contribution in [1.82, 2.24) is 25.1 Å². The van der Waals surface area contributed by atoms with Crippen LogP contribution >= 0.6 is 0 Å². The number of aromatic nitrogens is 5. The normalized spacial score (nSPS) is 17.5. The topological polar surface area (TPSA) is 93.0 Å². The zero-order valence-corrected chi connectivity index (χ0v) is 14.8. The van der Waals surface area contributed by atoms with Crippen LogP contribution in [0.25, 0.3) is 33.7 Å². The zero-order chi connectivity index (χ0) is 18.2. The molecule has 4 aromatic heterocycles. The van der Waals surface area contributed by atoms with E-state index in [1.165, 1.54) is 0 Å². The fourth-order valence-corrected chi connectivity index (χ4v) is 3.47. The van der Waals surface area contributed by atoms with Gasteiger partial charge in [0.15, 0.2) is 0 Å². The van der Waals surface area contributed by atoms with E-state index in [-0.39, 0.29) is 6.04 Å². The van der Waals surface area contributed by atoms with Crippen molar-refractivity contribution < 1.29 is 9.15 Å². The summed E-state index contributed by atoms with van der Waals surface area (Å²) in [4.78, 5) is 16.1. The number of hydrogen-bond acceptors (Lipinski definition) is 7. The van der Waals surface area contributed by atoms with Crippen LogP contribution < -0.4 is 4.90 Å². The molecule has 8 nitrogen and oxygen atoms in total. The molecule has 0 amide bonds. The summed E-state index contributed by atoms with van der Waals surface area (Å²) in [5, 5.41) is 7.97. The Morgan fingerprint density at radius 1 is 1.19 bits per heavy atom. The van der Waals surface area contributed by atoms with Crippen LogP contribution in [0.3, 0.4) is 0 Å². The van der Waals surface area contributed by atoms with Crippen molar-refractivity contribution in [1.29, 1.82) is 0 Å². The molecule has 1 aliphatic heterocycles. The summed E-state index contributed by atoms with van der Waals surface area (Å²) >= 11 is 0. The first-order valence-electron chi connectivity index (χ1n) is 8.85. The minimum atomic E-state index is 0.230. The molecule has 8 heteroatoms. The molecule has 5 rings (SSSR count). The van der Waals surface area contributed by atoms with Gasteiger partial charge < -0.3 is 14.1 Å². The maximum Gasteiger partial charge on any atom is 0.226 e. The summed E-state index contributed by atoms with van der Waals surface area (Å²) in [6.07, 6.45) is 6.70. The standard InChI is InChI=1S/C19H18N6O2/c1-12-11-26-9-7-25(12)16-10-14(19-21-6-8-27-19)13-2-4-20-18(17(13)23-16)15-3-5-22-24-15/h2-6,8,10,12H,7,9,11H2,1H3,(H,22,24)/t12-/m1/s1. The average molecular weight is 362 g/mol. The molecule has 0 saturated carbocycles. The number of pyridine rings is 2. The van der Waals surface area contributed by atoms with Crippen molar-refractivity contribution in [3.8, 4) is 22.8 Å². The van der Waals surface area contributed by atoms with Crippen molar-refractivity contribution in [3.05, 3.63) is 43.1 Å². The molecule has 1 aliphatic rings. The van der Waals surface area contributed by atoms with Crippen LogP contribution in [-0.4, -0.2) is 50.9 Å². The second kappa shape index (κ2) is 6.48. The molecule has 0 unspecified atom stereocenters. The van der Waals surface area contributed by atoms with Crippen molar-refractivity contribution in [2.24, 2.45) is 0 Å². The van der Waals surface area contributed by atoms with E-state index in [0.29, 0.717) is 19.1 Å². The van der Waals surface area contributed by atoms with Gasteiger partial charge in [0.2, 0.25) is 5.89 Å². The predicted octanol–water partition coefficient (Wildman–Crippen LogP) is 2.90. The van der Waals surface area contributed by atoms with Gasteiger partial charge in [-0.25, -0.2) is 9.97 Å². The number of hydrogen-bond donors (Lipinski definition) is 1. The van der Waals surface area contributed by atoms with Gasteiger partial charge in [0.05, 0.1) is 36.7 Å². The number of fused-ring (bicyclic) bond motifs is 1. The molecule has 5 heterocycles. The summed E-state index contributed by atoms with van der Waals surface area (Å²) in [5.41, 5.74) is 3.24. The van der Waals surface area contributed by atoms with Crippen LogP contribution in [-0.2, 0) is 4.74 Å². The van der Waals surface area contributed by atoms with Gasteiger partial charge in [-0.2, -0.15) is 5.10 Å². The molecule has 1 atom stereocenters. The van der Waals surface area contributed by atoms with Crippen LogP contribution in [0.2, 0.25) is 0 Å². The van der Waals surface area contributed by atoms with E-state index >= 15 is 0 Å². The zero-order valence-electron chi connectivity index (χ0n) is 14.8. The van der Waals surface area contributed by atoms with Gasteiger partial charge in [0.25, 0.3) is 0 Å². The largest absolute Gasteiger partial charge is 0.445 e. The van der Waals surface area contributed by atoms with Crippen LogP contribution in [0.4, 0.5) is 5.82 Å². The van der Waals surface area contributed by atoms with Crippen molar-refractivity contribution >= 4 is 16.7 Å². The molecule has 1 N–H and O–H groups in total. The van der Waals surface area contributed by atoms with E-state index in [1.807, 2.05) is 18.2 Å². The number of ether oxygens (including phenoxy) is 1. The number of nitrogens with one attached hydrogen (secondary N) is 1. The molecular weight excluding hydrogens is 344 g/mol. The van der Waals surface area contributed by atoms with Gasteiger partial charge in [0.1, 0.15) is 23.3 Å². The summed E-state index contributed by atoms with van der Waals surface area (Å²) in [5.74, 6) is 1.42. The Hall–Kier alpha value is -3.26. The first-order valence-corrected chi connectivity index (χ1v) is 8.85. The molecule has 0 aromatic carbocycles. The third-order valence-electron chi connectivity index (χ3n) is 4.79. The SMILES string of the molecule is C[C@@H]1COCCN1c1cc(-c2ncco2)c2ccnc(-c3ccn[nH]3)c2n1. The van der Waals surface area contributed by atoms with Gasteiger partial charge in [0, 0.05) is 24.3 Å². The Labute approximate surface area is 155 Å². The Kier molecular flexibility index (Phi) is 3.83. The highest BCUT2D eigenvalue weighted by Gasteiger charge is 2.23. The molecule has 27 heavy (non-hydrogen) atoms. The second-order valence-electron chi connectivity index (χ2n) is 6.51. The molecule has 136 valence electrons. The lowest BCUT2D eigenvalue weighted by Crippen LogP contribution is -2.44. The number of H-pyrrole nitrogens is 1. The van der Waals surface area contributed by atoms with Gasteiger partial charge in [-0.05, 0) is 25.1 Å². The molecule has 4 aromatic rings. The Morgan fingerprint density at radius 2 is 2.15 bits per heavy atom. The monoisotopic (exact) mass is 362 g/mol. The Bertz CT molecular complexity index is 1060. The minimum Gasteiger partial charge on any atom is -0.445 e. The Morgan fingerprint density at radius 3 is 2.93 bits per heavy atom. The van der Waals surface area contributed by atoms with Gasteiger partial charge in [-0.15, -0.1) is 0 Å². The molecule has 0 aliphatic carbocycles. The van der Waals surface area contributed by atoms with E-state index in [4.69, 9.17) is 14.1 Å². The fraction of sp³-hybridized carbons (Fsp3) is 0.263. The molecule has 1 fully saturated rings.